The van der Waals surface area contributed by atoms with Crippen LogP contribution in [-0.2, 0) is 30.4 Å². The highest BCUT2D eigenvalue weighted by atomic mass is 32.2. The Bertz CT molecular complexity index is 3250. The fourth-order valence-electron chi connectivity index (χ4n) is 5.29. The van der Waals surface area contributed by atoms with Crippen LogP contribution in [0.15, 0.2) is 137 Å². The molecule has 0 atom stereocenters. The Balaban J connectivity index is 1.33. The van der Waals surface area contributed by atoms with Gasteiger partial charge in [-0.1, -0.05) is 24.3 Å². The van der Waals surface area contributed by atoms with Gasteiger partial charge in [0.15, 0.2) is 0 Å². The fourth-order valence-corrected chi connectivity index (χ4v) is 6.96. The average Bonchev–Trinajstić information content (AvgIpc) is 3.18. The number of anilines is 2. The summed E-state index contributed by atoms with van der Waals surface area (Å²) in [4.78, 5) is 40.4. The van der Waals surface area contributed by atoms with Crippen molar-refractivity contribution in [1.29, 1.82) is 0 Å². The molecule has 23 nitrogen and oxygen atoms in total. The van der Waals surface area contributed by atoms with Gasteiger partial charge >= 0.3 is 11.9 Å². The predicted octanol–water partition coefficient (Wildman–Crippen LogP) is 5.38. The van der Waals surface area contributed by atoms with E-state index in [0.29, 0.717) is 5.69 Å². The van der Waals surface area contributed by atoms with Crippen LogP contribution >= 0.6 is 0 Å². The Morgan fingerprint density at radius 3 is 1.89 bits per heavy atom. The van der Waals surface area contributed by atoms with Crippen LogP contribution in [0.1, 0.15) is 20.7 Å². The maximum atomic E-state index is 12.2. The van der Waals surface area contributed by atoms with E-state index in [-0.39, 0.29) is 61.8 Å². The minimum absolute atomic E-state index is 0.00753. The van der Waals surface area contributed by atoms with Crippen molar-refractivity contribution < 1.29 is 58.7 Å². The van der Waals surface area contributed by atoms with Crippen molar-refractivity contribution >= 4 is 93.1 Å². The number of H-pyrrole nitrogens is 2. The maximum Gasteiger partial charge on any atom is 0.335 e. The lowest BCUT2D eigenvalue weighted by molar-refractivity contribution is 0.0696. The molecule has 0 saturated carbocycles. The molecule has 0 fully saturated rings. The van der Waals surface area contributed by atoms with Crippen molar-refractivity contribution in [2.75, 3.05) is 17.6 Å². The lowest BCUT2D eigenvalue weighted by Gasteiger charge is -2.08. The summed E-state index contributed by atoms with van der Waals surface area (Å²) in [6, 6.07) is 21.1. The molecule has 0 saturated heterocycles. The number of carbonyl (C=O) groups is 2. The molecule has 314 valence electrons. The molecule has 0 amide bonds. The Morgan fingerprint density at radius 2 is 1.26 bits per heavy atom. The number of nitrogens with zero attached hydrogens (tertiary/aromatic N) is 7. The summed E-state index contributed by atoms with van der Waals surface area (Å²) >= 11 is 0. The number of para-hydroxylation sites is 1. The van der Waals surface area contributed by atoms with Gasteiger partial charge in [-0.15, -0.1) is 10.2 Å². The lowest BCUT2D eigenvalue weighted by atomic mass is 10.1. The largest absolute Gasteiger partial charge is 0.478 e. The normalized spacial score (nSPS) is 13.0. The smallest absolute Gasteiger partial charge is 0.335 e. The molecule has 6 rings (SSSR count). The minimum Gasteiger partial charge on any atom is -0.478 e. The van der Waals surface area contributed by atoms with Crippen molar-refractivity contribution in [2.45, 2.75) is 9.79 Å². The van der Waals surface area contributed by atoms with E-state index in [4.69, 9.17) is 0 Å². The van der Waals surface area contributed by atoms with Gasteiger partial charge in [0.25, 0.3) is 30.4 Å². The zero-order valence-corrected chi connectivity index (χ0v) is 33.0. The van der Waals surface area contributed by atoms with Gasteiger partial charge in [0.05, 0.1) is 40.5 Å². The summed E-state index contributed by atoms with van der Waals surface area (Å²) in [7, 11) is -14.0. The Kier molecular flexibility index (Phi) is 12.4. The highest BCUT2D eigenvalue weighted by Gasteiger charge is 2.21. The van der Waals surface area contributed by atoms with Crippen LogP contribution < -0.4 is 16.6 Å². The van der Waals surface area contributed by atoms with Gasteiger partial charge in [-0.25, -0.2) is 19.6 Å². The molecule has 26 heteroatoms. The molecule has 6 aromatic rings. The summed E-state index contributed by atoms with van der Waals surface area (Å²) in [5.74, 6) is -3.49. The Labute approximate surface area is 342 Å². The van der Waals surface area contributed by atoms with Crippen LogP contribution in [0.3, 0.4) is 0 Å². The number of fused-ring (bicyclic) bond motifs is 1. The van der Waals surface area contributed by atoms with Crippen LogP contribution in [0.25, 0.3) is 10.8 Å². The first-order chi connectivity index (χ1) is 28.7. The molecule has 0 bridgehead atoms. The number of azo groups is 2. The molecule has 8 N–H and O–H groups in total. The van der Waals surface area contributed by atoms with Gasteiger partial charge in [0.1, 0.15) is 21.2 Å². The highest BCUT2D eigenvalue weighted by Crippen LogP contribution is 2.35. The van der Waals surface area contributed by atoms with Crippen LogP contribution in [0.4, 0.5) is 40.1 Å². The first kappa shape index (κ1) is 43.2. The number of carboxylic acids is 2. The molecule has 0 unspecified atom stereocenters. The molecule has 0 spiro atoms. The van der Waals surface area contributed by atoms with Gasteiger partial charge in [0.2, 0.25) is 17.2 Å². The third-order valence-corrected chi connectivity index (χ3v) is 10.5. The van der Waals surface area contributed by atoms with E-state index in [9.17, 15) is 58.7 Å². The zero-order chi connectivity index (χ0) is 44.1. The first-order valence-corrected chi connectivity index (χ1v) is 21.3. The number of hydrogen-bond acceptors (Lipinski definition) is 16. The fraction of sp³-hybridized carbons (Fsp3) is 0.0571. The molecule has 5 aromatic carbocycles. The Hall–Kier alpha value is -7.36. The molecule has 0 aliphatic heterocycles. The molecular weight excluding hydrogens is 865 g/mol. The predicted molar refractivity (Wildman–Crippen MR) is 213 cm³/mol. The third kappa shape index (κ3) is 11.4. The number of nitrogens with one attached hydrogen (secondary N) is 3. The second-order valence-electron chi connectivity index (χ2n) is 12.3. The van der Waals surface area contributed by atoms with Gasteiger partial charge in [-0.3, -0.25) is 23.6 Å². The number of carboxylic acid groups (broad SMARTS) is 2. The van der Waals surface area contributed by atoms with E-state index in [1.807, 2.05) is 0 Å². The number of hydrogen-bond donors (Lipinski definition) is 8. The van der Waals surface area contributed by atoms with E-state index in [1.165, 1.54) is 48.5 Å². The monoisotopic (exact) mass is 892 g/mol. The summed E-state index contributed by atoms with van der Waals surface area (Å²) in [6.07, 6.45) is 0. The van der Waals surface area contributed by atoms with Crippen LogP contribution in [0.5, 0.6) is 0 Å². The van der Waals surface area contributed by atoms with E-state index >= 15 is 0 Å². The molecule has 61 heavy (non-hydrogen) atoms. The highest BCUT2D eigenvalue weighted by molar-refractivity contribution is 7.86. The molecule has 0 aliphatic rings. The van der Waals surface area contributed by atoms with Crippen molar-refractivity contribution in [3.8, 4) is 0 Å². The number of aromatic amines is 2. The number of aromatic nitrogens is 3. The van der Waals surface area contributed by atoms with Crippen molar-refractivity contribution in [2.24, 2.45) is 30.4 Å². The van der Waals surface area contributed by atoms with Gasteiger partial charge in [-0.2, -0.15) is 40.5 Å². The standard InChI is InChI=1S/C35H28N10O13S3/c46-31(47)20-14-21(32(48)49)16-24(15-20)43-44-27-6-2-1-5-26(27)38-35-40-33(36-12-13-59(50,51)52)39-34(41-35)37-22-8-10-23(11-9-22)42-45-28-18-25-19(17-30(28)61(56,57)58)4-3-7-29(25)60(53,54)55/h1-11,14-18H,12-13H2,(H,46,47)(H,48,49)(H,50,51,52)(H,53,54,55)(H,56,57,58)(H3,36,37,38,39,40,41). The lowest BCUT2D eigenvalue weighted by Crippen LogP contribution is -2.29. The quantitative estimate of drug-likeness (QED) is 0.0503. The van der Waals surface area contributed by atoms with E-state index < -0.39 is 70.1 Å². The third-order valence-electron chi connectivity index (χ3n) is 7.97. The summed E-state index contributed by atoms with van der Waals surface area (Å²) < 4.78 is 99.7. The van der Waals surface area contributed by atoms with Gasteiger partial charge in [-0.05, 0) is 78.2 Å². The summed E-state index contributed by atoms with van der Waals surface area (Å²) in [5, 5.41) is 37.8. The van der Waals surface area contributed by atoms with Crippen molar-refractivity contribution in [3.05, 3.63) is 119 Å². The maximum absolute atomic E-state index is 12.2. The van der Waals surface area contributed by atoms with Crippen LogP contribution in [-0.4, -0.2) is 88.3 Å². The zero-order valence-electron chi connectivity index (χ0n) is 30.5. The molecule has 0 radical (unpaired) electrons. The van der Waals surface area contributed by atoms with Crippen molar-refractivity contribution in [3.63, 3.8) is 0 Å². The molecular formula is C35H28N10O13S3. The Morgan fingerprint density at radius 1 is 0.639 bits per heavy atom. The van der Waals surface area contributed by atoms with Crippen LogP contribution in [0.2, 0.25) is 0 Å². The molecule has 1 aromatic heterocycles. The minimum atomic E-state index is -4.88. The summed E-state index contributed by atoms with van der Waals surface area (Å²) in [5.41, 5.74) is -0.487. The number of rotatable bonds is 14. The number of benzene rings is 5. The SMILES string of the molecule is O=C(O)c1cc(N=Nc2ccccc2N=c2[nH]c(Nc3ccc(N=Nc4cc5c(S(=O)(=O)O)cccc5cc4S(=O)(=O)O)cc3)nc(=NCCS(=O)(=O)O)[nH]2)cc(C(=O)O)c1. The second kappa shape index (κ2) is 17.5. The molecule has 1 heterocycles. The molecule has 0 aliphatic carbocycles. The van der Waals surface area contributed by atoms with E-state index in [2.05, 4.69) is 50.7 Å². The second-order valence-corrected chi connectivity index (χ2v) is 16.7. The average molecular weight is 893 g/mol. The van der Waals surface area contributed by atoms with Gasteiger partial charge < -0.3 is 15.5 Å². The van der Waals surface area contributed by atoms with E-state index in [1.54, 1.807) is 12.1 Å². The number of aromatic carboxylic acids is 2. The summed E-state index contributed by atoms with van der Waals surface area (Å²) in [6.45, 7) is -0.406. The van der Waals surface area contributed by atoms with E-state index in [0.717, 1.165) is 36.4 Å². The first-order valence-electron chi connectivity index (χ1n) is 16.9. The van der Waals surface area contributed by atoms with Crippen molar-refractivity contribution in [1.82, 2.24) is 15.0 Å². The van der Waals surface area contributed by atoms with Crippen LogP contribution in [0, 0.1) is 0 Å². The topological polar surface area (TPSA) is 368 Å². The van der Waals surface area contributed by atoms with Gasteiger partial charge in [0, 0.05) is 11.1 Å².